The van der Waals surface area contributed by atoms with Gasteiger partial charge in [0.1, 0.15) is 5.54 Å². The van der Waals surface area contributed by atoms with Crippen LogP contribution in [0.25, 0.3) is 0 Å². The van der Waals surface area contributed by atoms with Gasteiger partial charge in [-0.1, -0.05) is 31.5 Å². The first-order valence-electron chi connectivity index (χ1n) is 7.36. The molecule has 0 radical (unpaired) electrons. The molecule has 0 heterocycles. The van der Waals surface area contributed by atoms with Crippen molar-refractivity contribution >= 4 is 11.9 Å². The van der Waals surface area contributed by atoms with Gasteiger partial charge in [-0.2, -0.15) is 0 Å². The molecule has 0 atom stereocenters. The van der Waals surface area contributed by atoms with Crippen molar-refractivity contribution < 1.29 is 14.7 Å². The van der Waals surface area contributed by atoms with Gasteiger partial charge in [0.25, 0.3) is 0 Å². The monoisotopic (exact) mass is 291 g/mol. The second kappa shape index (κ2) is 6.74. The highest BCUT2D eigenvalue weighted by Gasteiger charge is 2.36. The van der Waals surface area contributed by atoms with Crippen molar-refractivity contribution in [1.82, 2.24) is 5.32 Å². The molecule has 0 aliphatic heterocycles. The minimum atomic E-state index is -1.16. The van der Waals surface area contributed by atoms with E-state index < -0.39 is 11.5 Å². The molecule has 4 nitrogen and oxygen atoms in total. The number of benzene rings is 1. The molecular formula is C17H25NO3. The van der Waals surface area contributed by atoms with E-state index >= 15 is 0 Å². The summed E-state index contributed by atoms with van der Waals surface area (Å²) >= 11 is 0. The summed E-state index contributed by atoms with van der Waals surface area (Å²) in [6.45, 7) is 9.54. The maximum absolute atomic E-state index is 12.3. The third kappa shape index (κ3) is 3.84. The molecule has 0 aromatic heterocycles. The first-order chi connectivity index (χ1) is 9.75. The van der Waals surface area contributed by atoms with Gasteiger partial charge < -0.3 is 10.4 Å². The molecule has 0 spiro atoms. The Labute approximate surface area is 126 Å². The van der Waals surface area contributed by atoms with Crippen LogP contribution in [0.1, 0.15) is 48.9 Å². The number of amides is 1. The van der Waals surface area contributed by atoms with Gasteiger partial charge in [0.15, 0.2) is 0 Å². The van der Waals surface area contributed by atoms with Crippen LogP contribution in [-0.2, 0) is 16.0 Å². The number of carbonyl (C=O) groups is 2. The summed E-state index contributed by atoms with van der Waals surface area (Å²) in [6.07, 6.45) is 0.958. The van der Waals surface area contributed by atoms with E-state index in [-0.39, 0.29) is 12.3 Å². The van der Waals surface area contributed by atoms with Crippen LogP contribution in [0.3, 0.4) is 0 Å². The van der Waals surface area contributed by atoms with Crippen LogP contribution in [0.5, 0.6) is 0 Å². The Morgan fingerprint density at radius 3 is 1.95 bits per heavy atom. The molecule has 0 saturated heterocycles. The molecule has 4 heteroatoms. The van der Waals surface area contributed by atoms with E-state index in [2.05, 4.69) is 5.32 Å². The summed E-state index contributed by atoms with van der Waals surface area (Å²) in [5, 5.41) is 12.1. The van der Waals surface area contributed by atoms with Gasteiger partial charge in [-0.15, -0.1) is 0 Å². The lowest BCUT2D eigenvalue weighted by molar-refractivity contribution is -0.148. The van der Waals surface area contributed by atoms with E-state index in [1.54, 1.807) is 13.8 Å². The molecule has 2 N–H and O–H groups in total. The molecular weight excluding hydrogens is 266 g/mol. The average molecular weight is 291 g/mol. The zero-order valence-corrected chi connectivity index (χ0v) is 13.5. The average Bonchev–Trinajstić information content (AvgIpc) is 2.40. The lowest BCUT2D eigenvalue weighted by Crippen LogP contribution is -2.54. The predicted octanol–water partition coefficient (Wildman–Crippen LogP) is 2.91. The Balaban J connectivity index is 2.95. The minimum Gasteiger partial charge on any atom is -0.480 e. The Hall–Kier alpha value is -1.84. The van der Waals surface area contributed by atoms with Crippen LogP contribution in [-0.4, -0.2) is 22.5 Å². The SMILES string of the molecule is CCC(CC)(NC(=O)Cc1c(C)cc(C)cc1C)C(=O)O. The van der Waals surface area contributed by atoms with E-state index in [0.29, 0.717) is 12.8 Å². The lowest BCUT2D eigenvalue weighted by Gasteiger charge is -2.28. The summed E-state index contributed by atoms with van der Waals surface area (Å²) in [6, 6.07) is 4.08. The molecule has 1 aromatic rings. The van der Waals surface area contributed by atoms with Crippen molar-refractivity contribution in [3.05, 3.63) is 34.4 Å². The standard InChI is InChI=1S/C17H25NO3/c1-6-17(7-2,16(20)21)18-15(19)10-14-12(4)8-11(3)9-13(14)5/h8-9H,6-7,10H2,1-5H3,(H,18,19)(H,20,21). The fraction of sp³-hybridized carbons (Fsp3) is 0.529. The minimum absolute atomic E-state index is 0.215. The smallest absolute Gasteiger partial charge is 0.329 e. The number of aryl methyl sites for hydroxylation is 3. The van der Waals surface area contributed by atoms with E-state index in [4.69, 9.17) is 0 Å². The number of carboxylic acids is 1. The molecule has 1 amide bonds. The highest BCUT2D eigenvalue weighted by Crippen LogP contribution is 2.19. The fourth-order valence-electron chi connectivity index (χ4n) is 2.74. The first-order valence-corrected chi connectivity index (χ1v) is 7.36. The van der Waals surface area contributed by atoms with Gasteiger partial charge in [0.2, 0.25) is 5.91 Å². The Bertz CT molecular complexity index is 522. The Kier molecular flexibility index (Phi) is 5.53. The summed E-state index contributed by atoms with van der Waals surface area (Å²) in [5.41, 5.74) is 3.11. The third-order valence-electron chi connectivity index (χ3n) is 4.17. The van der Waals surface area contributed by atoms with Crippen LogP contribution in [0, 0.1) is 20.8 Å². The number of hydrogen-bond acceptors (Lipinski definition) is 2. The molecule has 1 rings (SSSR count). The summed E-state index contributed by atoms with van der Waals surface area (Å²) in [5.74, 6) is -1.21. The number of aliphatic carboxylic acids is 1. The van der Waals surface area contributed by atoms with E-state index in [9.17, 15) is 14.7 Å². The second-order valence-corrected chi connectivity index (χ2v) is 5.70. The van der Waals surface area contributed by atoms with E-state index in [1.807, 2.05) is 32.9 Å². The van der Waals surface area contributed by atoms with Gasteiger partial charge in [-0.3, -0.25) is 4.79 Å². The molecule has 0 unspecified atom stereocenters. The predicted molar refractivity (Wildman–Crippen MR) is 83.4 cm³/mol. The van der Waals surface area contributed by atoms with Crippen molar-refractivity contribution in [2.45, 2.75) is 59.4 Å². The summed E-state index contributed by atoms with van der Waals surface area (Å²) < 4.78 is 0. The van der Waals surface area contributed by atoms with Gasteiger partial charge in [-0.05, 0) is 50.3 Å². The molecule has 1 aromatic carbocycles. The number of carboxylic acid groups (broad SMARTS) is 1. The molecule has 0 fully saturated rings. The number of rotatable bonds is 6. The van der Waals surface area contributed by atoms with Gasteiger partial charge in [-0.25, -0.2) is 4.79 Å². The van der Waals surface area contributed by atoms with E-state index in [0.717, 1.165) is 22.3 Å². The highest BCUT2D eigenvalue weighted by molar-refractivity contribution is 5.88. The largest absolute Gasteiger partial charge is 0.480 e. The van der Waals surface area contributed by atoms with Crippen LogP contribution >= 0.6 is 0 Å². The quantitative estimate of drug-likeness (QED) is 0.847. The van der Waals surface area contributed by atoms with Crippen molar-refractivity contribution in [2.24, 2.45) is 0 Å². The van der Waals surface area contributed by atoms with Crippen LogP contribution in [0.15, 0.2) is 12.1 Å². The third-order valence-corrected chi connectivity index (χ3v) is 4.17. The van der Waals surface area contributed by atoms with Crippen molar-refractivity contribution in [3.8, 4) is 0 Å². The molecule has 0 saturated carbocycles. The Morgan fingerprint density at radius 1 is 1.10 bits per heavy atom. The Morgan fingerprint density at radius 2 is 1.57 bits per heavy atom. The van der Waals surface area contributed by atoms with Crippen molar-refractivity contribution in [2.75, 3.05) is 0 Å². The van der Waals surface area contributed by atoms with Gasteiger partial charge in [0.05, 0.1) is 6.42 Å². The van der Waals surface area contributed by atoms with Crippen LogP contribution in [0.4, 0.5) is 0 Å². The molecule has 0 aliphatic rings. The lowest BCUT2D eigenvalue weighted by atomic mass is 9.91. The van der Waals surface area contributed by atoms with Crippen molar-refractivity contribution in [1.29, 1.82) is 0 Å². The molecule has 116 valence electrons. The summed E-state index contributed by atoms with van der Waals surface area (Å²) in [4.78, 5) is 23.7. The summed E-state index contributed by atoms with van der Waals surface area (Å²) in [7, 11) is 0. The van der Waals surface area contributed by atoms with E-state index in [1.165, 1.54) is 0 Å². The van der Waals surface area contributed by atoms with Crippen molar-refractivity contribution in [3.63, 3.8) is 0 Å². The number of hydrogen-bond donors (Lipinski definition) is 2. The first kappa shape index (κ1) is 17.2. The maximum Gasteiger partial charge on any atom is 0.329 e. The maximum atomic E-state index is 12.3. The zero-order chi connectivity index (χ0) is 16.2. The van der Waals surface area contributed by atoms with Gasteiger partial charge in [0, 0.05) is 0 Å². The molecule has 0 bridgehead atoms. The molecule has 0 aliphatic carbocycles. The van der Waals surface area contributed by atoms with Crippen LogP contribution in [0.2, 0.25) is 0 Å². The zero-order valence-electron chi connectivity index (χ0n) is 13.5. The fourth-order valence-corrected chi connectivity index (χ4v) is 2.74. The number of carbonyl (C=O) groups excluding carboxylic acids is 1. The van der Waals surface area contributed by atoms with Crippen LogP contribution < -0.4 is 5.32 Å². The second-order valence-electron chi connectivity index (χ2n) is 5.70. The normalized spacial score (nSPS) is 11.3. The van der Waals surface area contributed by atoms with Gasteiger partial charge >= 0.3 is 5.97 Å². The number of nitrogens with one attached hydrogen (secondary N) is 1. The molecule has 21 heavy (non-hydrogen) atoms. The topological polar surface area (TPSA) is 66.4 Å². The highest BCUT2D eigenvalue weighted by atomic mass is 16.4.